The molecule has 0 aliphatic rings. The van der Waals surface area contributed by atoms with E-state index in [2.05, 4.69) is 35.9 Å². The Balaban J connectivity index is 1.79. The Labute approximate surface area is 129 Å². The largest absolute Gasteiger partial charge is 0.458 e. The van der Waals surface area contributed by atoms with E-state index in [1.807, 2.05) is 24.3 Å². The van der Waals surface area contributed by atoms with Gasteiger partial charge in [-0.3, -0.25) is 4.57 Å². The van der Waals surface area contributed by atoms with Crippen molar-refractivity contribution in [2.75, 3.05) is 5.73 Å². The smallest absolute Gasteiger partial charge is 0.323 e. The van der Waals surface area contributed by atoms with Gasteiger partial charge in [-0.15, -0.1) is 0 Å². The highest BCUT2D eigenvalue weighted by Gasteiger charge is 2.07. The predicted molar refractivity (Wildman–Crippen MR) is 79.8 cm³/mol. The monoisotopic (exact) mass is 346 g/mol. The van der Waals surface area contributed by atoms with E-state index in [1.165, 1.54) is 0 Å². The topological polar surface area (TPSA) is 91.7 Å². The van der Waals surface area contributed by atoms with E-state index in [9.17, 15) is 0 Å². The minimum atomic E-state index is 0.0953. The van der Waals surface area contributed by atoms with Crippen LogP contribution < -0.4 is 10.5 Å². The Kier molecular flexibility index (Phi) is 3.78. The van der Waals surface area contributed by atoms with Crippen molar-refractivity contribution in [3.8, 4) is 12.0 Å². The molecule has 106 valence electrons. The fraction of sp³-hybridized carbons (Fsp3) is 0.0769. The summed E-state index contributed by atoms with van der Waals surface area (Å²) in [5.74, 6) is 0.460. The average Bonchev–Trinajstić information content (AvgIpc) is 2.99. The van der Waals surface area contributed by atoms with Crippen molar-refractivity contribution in [1.29, 1.82) is 0 Å². The van der Waals surface area contributed by atoms with Gasteiger partial charge in [-0.1, -0.05) is 28.1 Å². The van der Waals surface area contributed by atoms with Crippen LogP contribution in [0.15, 0.2) is 47.5 Å². The molecule has 3 aromatic rings. The van der Waals surface area contributed by atoms with Crippen LogP contribution in [-0.2, 0) is 6.61 Å². The fourth-order valence-electron chi connectivity index (χ4n) is 1.69. The Bertz CT molecular complexity index is 746. The van der Waals surface area contributed by atoms with Crippen molar-refractivity contribution in [2.45, 2.75) is 6.61 Å². The zero-order valence-electron chi connectivity index (χ0n) is 10.8. The number of ether oxygens (including phenoxy) is 1. The van der Waals surface area contributed by atoms with E-state index in [0.29, 0.717) is 12.6 Å². The molecule has 7 nitrogen and oxygen atoms in total. The molecule has 0 aliphatic heterocycles. The minimum Gasteiger partial charge on any atom is -0.458 e. The third-order valence-electron chi connectivity index (χ3n) is 2.61. The molecule has 0 spiro atoms. The second kappa shape index (κ2) is 5.88. The van der Waals surface area contributed by atoms with E-state index in [4.69, 9.17) is 10.5 Å². The SMILES string of the molecule is Nc1nc(OCc2cccc(Br)c2)nc(-n2ccnc2)n1. The van der Waals surface area contributed by atoms with Gasteiger partial charge in [0.1, 0.15) is 12.9 Å². The van der Waals surface area contributed by atoms with Crippen LogP contribution in [0.3, 0.4) is 0 Å². The normalized spacial score (nSPS) is 10.5. The van der Waals surface area contributed by atoms with Gasteiger partial charge in [-0.2, -0.15) is 15.0 Å². The van der Waals surface area contributed by atoms with Crippen LogP contribution in [-0.4, -0.2) is 24.5 Å². The molecule has 0 fully saturated rings. The summed E-state index contributed by atoms with van der Waals surface area (Å²) in [6, 6.07) is 7.96. The van der Waals surface area contributed by atoms with E-state index in [-0.39, 0.29) is 12.0 Å². The number of hydrogen-bond acceptors (Lipinski definition) is 6. The molecule has 0 radical (unpaired) electrons. The summed E-state index contributed by atoms with van der Waals surface area (Å²) in [5.41, 5.74) is 6.67. The van der Waals surface area contributed by atoms with Crippen LogP contribution in [0.2, 0.25) is 0 Å². The summed E-state index contributed by atoms with van der Waals surface area (Å²) in [5, 5.41) is 0. The molecule has 0 unspecified atom stereocenters. The lowest BCUT2D eigenvalue weighted by molar-refractivity contribution is 0.280. The van der Waals surface area contributed by atoms with Gasteiger partial charge >= 0.3 is 6.01 Å². The lowest BCUT2D eigenvalue weighted by Crippen LogP contribution is -2.08. The summed E-state index contributed by atoms with van der Waals surface area (Å²) in [6.45, 7) is 0.340. The number of benzene rings is 1. The van der Waals surface area contributed by atoms with Gasteiger partial charge in [0.15, 0.2) is 0 Å². The number of halogens is 1. The molecule has 0 bridgehead atoms. The van der Waals surface area contributed by atoms with Crippen LogP contribution in [0.5, 0.6) is 6.01 Å². The lowest BCUT2D eigenvalue weighted by atomic mass is 10.2. The van der Waals surface area contributed by atoms with Crippen LogP contribution >= 0.6 is 15.9 Å². The van der Waals surface area contributed by atoms with E-state index in [1.54, 1.807) is 23.3 Å². The molecule has 2 heterocycles. The Morgan fingerprint density at radius 3 is 2.90 bits per heavy atom. The summed E-state index contributed by atoms with van der Waals surface area (Å²) in [6.07, 6.45) is 4.92. The number of anilines is 1. The number of aromatic nitrogens is 5. The second-order valence-corrected chi connectivity index (χ2v) is 5.08. The van der Waals surface area contributed by atoms with Gasteiger partial charge < -0.3 is 10.5 Å². The molecule has 0 aliphatic carbocycles. The van der Waals surface area contributed by atoms with Crippen LogP contribution in [0.4, 0.5) is 5.95 Å². The summed E-state index contributed by atoms with van der Waals surface area (Å²) >= 11 is 3.41. The van der Waals surface area contributed by atoms with Crippen LogP contribution in [0.25, 0.3) is 5.95 Å². The fourth-order valence-corrected chi connectivity index (χ4v) is 2.14. The lowest BCUT2D eigenvalue weighted by Gasteiger charge is -2.07. The minimum absolute atomic E-state index is 0.0953. The van der Waals surface area contributed by atoms with Gasteiger partial charge in [-0.25, -0.2) is 4.98 Å². The summed E-state index contributed by atoms with van der Waals surface area (Å²) in [4.78, 5) is 16.1. The molecule has 0 amide bonds. The molecule has 0 atom stereocenters. The van der Waals surface area contributed by atoms with Gasteiger partial charge in [0.2, 0.25) is 11.9 Å². The Morgan fingerprint density at radius 1 is 1.24 bits per heavy atom. The molecular weight excluding hydrogens is 336 g/mol. The number of nitrogen functional groups attached to an aromatic ring is 1. The number of imidazole rings is 1. The third-order valence-corrected chi connectivity index (χ3v) is 3.11. The summed E-state index contributed by atoms with van der Waals surface area (Å²) in [7, 11) is 0. The molecule has 0 saturated carbocycles. The number of nitrogens with two attached hydrogens (primary N) is 1. The van der Waals surface area contributed by atoms with E-state index in [0.717, 1.165) is 10.0 Å². The molecule has 8 heteroatoms. The Hall–Kier alpha value is -2.48. The Morgan fingerprint density at radius 2 is 2.14 bits per heavy atom. The third kappa shape index (κ3) is 3.34. The van der Waals surface area contributed by atoms with Crippen molar-refractivity contribution in [2.24, 2.45) is 0 Å². The van der Waals surface area contributed by atoms with Gasteiger partial charge in [-0.05, 0) is 17.7 Å². The zero-order chi connectivity index (χ0) is 14.7. The highest BCUT2D eigenvalue weighted by atomic mass is 79.9. The predicted octanol–water partition coefficient (Wildman–Crippen LogP) is 1.98. The second-order valence-electron chi connectivity index (χ2n) is 4.16. The molecule has 1 aromatic carbocycles. The number of hydrogen-bond donors (Lipinski definition) is 1. The van der Waals surface area contributed by atoms with Gasteiger partial charge in [0.05, 0.1) is 0 Å². The van der Waals surface area contributed by atoms with E-state index < -0.39 is 0 Å². The van der Waals surface area contributed by atoms with E-state index >= 15 is 0 Å². The van der Waals surface area contributed by atoms with Crippen molar-refractivity contribution < 1.29 is 4.74 Å². The van der Waals surface area contributed by atoms with Crippen molar-refractivity contribution in [1.82, 2.24) is 24.5 Å². The molecule has 3 rings (SSSR count). The quantitative estimate of drug-likeness (QED) is 0.776. The van der Waals surface area contributed by atoms with Crippen LogP contribution in [0.1, 0.15) is 5.56 Å². The first kappa shape index (κ1) is 13.5. The maximum Gasteiger partial charge on any atom is 0.323 e. The number of nitrogens with zero attached hydrogens (tertiary/aromatic N) is 5. The zero-order valence-corrected chi connectivity index (χ0v) is 12.4. The molecule has 2 N–H and O–H groups in total. The standard InChI is InChI=1S/C13H11BrN6O/c14-10-3-1-2-9(6-10)7-21-13-18-11(15)17-12(19-13)20-5-4-16-8-20/h1-6,8H,7H2,(H2,15,17,18,19). The molecule has 2 aromatic heterocycles. The van der Waals surface area contributed by atoms with Crippen molar-refractivity contribution in [3.05, 3.63) is 53.0 Å². The van der Waals surface area contributed by atoms with Crippen molar-refractivity contribution >= 4 is 21.9 Å². The van der Waals surface area contributed by atoms with Crippen molar-refractivity contribution in [3.63, 3.8) is 0 Å². The first-order valence-corrected chi connectivity index (χ1v) is 6.87. The highest BCUT2D eigenvalue weighted by molar-refractivity contribution is 9.10. The number of rotatable bonds is 4. The maximum atomic E-state index is 5.68. The molecule has 0 saturated heterocycles. The van der Waals surface area contributed by atoms with Crippen LogP contribution in [0, 0.1) is 0 Å². The molecular formula is C13H11BrN6O. The summed E-state index contributed by atoms with van der Waals surface area (Å²) < 4.78 is 8.18. The molecule has 21 heavy (non-hydrogen) atoms. The first-order chi connectivity index (χ1) is 10.2. The highest BCUT2D eigenvalue weighted by Crippen LogP contribution is 2.14. The average molecular weight is 347 g/mol. The van der Waals surface area contributed by atoms with Gasteiger partial charge in [0.25, 0.3) is 0 Å². The van der Waals surface area contributed by atoms with Gasteiger partial charge in [0, 0.05) is 16.9 Å². The maximum absolute atomic E-state index is 5.68. The first-order valence-electron chi connectivity index (χ1n) is 6.08.